The van der Waals surface area contributed by atoms with Gasteiger partial charge in [0, 0.05) is 6.07 Å². The largest absolute Gasteiger partial charge is 0.207 e. The van der Waals surface area contributed by atoms with Crippen LogP contribution in [0.25, 0.3) is 0 Å². The van der Waals surface area contributed by atoms with Crippen LogP contribution in [0, 0.1) is 17.6 Å². The molecule has 3 rings (SSSR count). The predicted molar refractivity (Wildman–Crippen MR) is 99.8 cm³/mol. The average molecular weight is 342 g/mol. The Balaban J connectivity index is 1.54. The maximum absolute atomic E-state index is 13.2. The van der Waals surface area contributed by atoms with E-state index in [4.69, 9.17) is 0 Å². The molecule has 2 aromatic rings. The third-order valence-electron chi connectivity index (χ3n) is 5.62. The van der Waals surface area contributed by atoms with Crippen molar-refractivity contribution < 1.29 is 8.78 Å². The van der Waals surface area contributed by atoms with Crippen LogP contribution in [0.4, 0.5) is 8.78 Å². The van der Waals surface area contributed by atoms with Crippen molar-refractivity contribution in [3.63, 3.8) is 0 Å². The molecule has 0 saturated heterocycles. The van der Waals surface area contributed by atoms with E-state index in [1.165, 1.54) is 61.8 Å². The van der Waals surface area contributed by atoms with E-state index < -0.39 is 11.6 Å². The molecular weight excluding hydrogens is 314 g/mol. The molecule has 134 valence electrons. The van der Waals surface area contributed by atoms with Crippen molar-refractivity contribution in [2.75, 3.05) is 0 Å². The van der Waals surface area contributed by atoms with Gasteiger partial charge in [0.05, 0.1) is 0 Å². The molecule has 1 saturated carbocycles. The fourth-order valence-corrected chi connectivity index (χ4v) is 4.19. The van der Waals surface area contributed by atoms with Crippen LogP contribution in [0.15, 0.2) is 42.5 Å². The van der Waals surface area contributed by atoms with Gasteiger partial charge in [0.15, 0.2) is 0 Å². The molecule has 0 bridgehead atoms. The number of rotatable bonds is 6. The average Bonchev–Trinajstić information content (AvgIpc) is 2.61. The van der Waals surface area contributed by atoms with E-state index in [0.29, 0.717) is 12.3 Å². The summed E-state index contributed by atoms with van der Waals surface area (Å²) in [5.74, 6) is 0.653. The fraction of sp³-hybridized carbons (Fsp3) is 0.478. The second-order valence-corrected chi connectivity index (χ2v) is 7.53. The SMILES string of the molecule is CCC[C@H]1CC[C@H](c2ccc(CCc3cc(F)cc(F)c3)cc2)CC1. The van der Waals surface area contributed by atoms with E-state index in [2.05, 4.69) is 31.2 Å². The minimum Gasteiger partial charge on any atom is -0.207 e. The van der Waals surface area contributed by atoms with Crippen LogP contribution in [0.3, 0.4) is 0 Å². The number of halogens is 2. The molecule has 1 fully saturated rings. The first-order valence-electron chi connectivity index (χ1n) is 9.68. The molecule has 25 heavy (non-hydrogen) atoms. The van der Waals surface area contributed by atoms with Crippen LogP contribution in [-0.2, 0) is 12.8 Å². The molecule has 0 aliphatic heterocycles. The highest BCUT2D eigenvalue weighted by Gasteiger charge is 2.21. The van der Waals surface area contributed by atoms with Crippen LogP contribution in [0.2, 0.25) is 0 Å². The second kappa shape index (κ2) is 8.60. The summed E-state index contributed by atoms with van der Waals surface area (Å²) in [6, 6.07) is 12.6. The van der Waals surface area contributed by atoms with Crippen molar-refractivity contribution >= 4 is 0 Å². The van der Waals surface area contributed by atoms with Crippen molar-refractivity contribution in [1.29, 1.82) is 0 Å². The van der Waals surface area contributed by atoms with Crippen LogP contribution in [0.5, 0.6) is 0 Å². The van der Waals surface area contributed by atoms with Gasteiger partial charge in [-0.25, -0.2) is 8.78 Å². The highest BCUT2D eigenvalue weighted by atomic mass is 19.1. The normalized spacial score (nSPS) is 20.6. The summed E-state index contributed by atoms with van der Waals surface area (Å²) in [7, 11) is 0. The van der Waals surface area contributed by atoms with E-state index in [0.717, 1.165) is 24.0 Å². The highest BCUT2D eigenvalue weighted by molar-refractivity contribution is 5.27. The maximum atomic E-state index is 13.2. The molecule has 0 radical (unpaired) electrons. The number of hydrogen-bond acceptors (Lipinski definition) is 0. The van der Waals surface area contributed by atoms with E-state index in [1.54, 1.807) is 0 Å². The molecule has 0 heterocycles. The third-order valence-corrected chi connectivity index (χ3v) is 5.62. The number of benzene rings is 2. The Kier molecular flexibility index (Phi) is 6.23. The molecule has 0 atom stereocenters. The van der Waals surface area contributed by atoms with Crippen molar-refractivity contribution in [3.8, 4) is 0 Å². The maximum Gasteiger partial charge on any atom is 0.126 e. The Bertz CT molecular complexity index is 647. The molecular formula is C23H28F2. The predicted octanol–water partition coefficient (Wildman–Crippen LogP) is 6.82. The van der Waals surface area contributed by atoms with Gasteiger partial charge in [-0.1, -0.05) is 44.0 Å². The van der Waals surface area contributed by atoms with E-state index in [-0.39, 0.29) is 0 Å². The van der Waals surface area contributed by atoms with Crippen LogP contribution in [-0.4, -0.2) is 0 Å². The quantitative estimate of drug-likeness (QED) is 0.540. The summed E-state index contributed by atoms with van der Waals surface area (Å²) in [6.07, 6.45) is 9.52. The first kappa shape index (κ1) is 18.1. The summed E-state index contributed by atoms with van der Waals surface area (Å²) < 4.78 is 26.5. The summed E-state index contributed by atoms with van der Waals surface area (Å²) in [5.41, 5.74) is 3.40. The lowest BCUT2D eigenvalue weighted by molar-refractivity contribution is 0.308. The molecule has 2 aromatic carbocycles. The molecule has 0 nitrogen and oxygen atoms in total. The van der Waals surface area contributed by atoms with Crippen molar-refractivity contribution in [2.24, 2.45) is 5.92 Å². The lowest BCUT2D eigenvalue weighted by Crippen LogP contribution is -2.13. The molecule has 1 aliphatic carbocycles. The van der Waals surface area contributed by atoms with Gasteiger partial charge in [-0.15, -0.1) is 0 Å². The zero-order chi connectivity index (χ0) is 17.6. The van der Waals surface area contributed by atoms with E-state index >= 15 is 0 Å². The standard InChI is InChI=1S/C23H28F2/c1-2-3-17-6-10-20(11-7-17)21-12-8-18(9-13-21)4-5-19-14-22(24)16-23(25)15-19/h8-9,12-17,20H,2-7,10-11H2,1H3/t17-,20-. The van der Waals surface area contributed by atoms with E-state index in [9.17, 15) is 8.78 Å². The Hall–Kier alpha value is -1.70. The Morgan fingerprint density at radius 2 is 1.40 bits per heavy atom. The highest BCUT2D eigenvalue weighted by Crippen LogP contribution is 2.37. The molecule has 0 spiro atoms. The van der Waals surface area contributed by atoms with Gasteiger partial charge in [0.1, 0.15) is 11.6 Å². The fourth-order valence-electron chi connectivity index (χ4n) is 4.19. The van der Waals surface area contributed by atoms with Gasteiger partial charge in [0.2, 0.25) is 0 Å². The Morgan fingerprint density at radius 3 is 2.00 bits per heavy atom. The Morgan fingerprint density at radius 1 is 0.800 bits per heavy atom. The van der Waals surface area contributed by atoms with Crippen LogP contribution >= 0.6 is 0 Å². The van der Waals surface area contributed by atoms with Gasteiger partial charge < -0.3 is 0 Å². The zero-order valence-electron chi connectivity index (χ0n) is 15.1. The second-order valence-electron chi connectivity index (χ2n) is 7.53. The van der Waals surface area contributed by atoms with Gasteiger partial charge in [-0.3, -0.25) is 0 Å². The summed E-state index contributed by atoms with van der Waals surface area (Å²) >= 11 is 0. The molecule has 1 aliphatic rings. The first-order valence-corrected chi connectivity index (χ1v) is 9.68. The molecule has 0 N–H and O–H groups in total. The van der Waals surface area contributed by atoms with Gasteiger partial charge >= 0.3 is 0 Å². The first-order chi connectivity index (χ1) is 12.1. The molecule has 0 amide bonds. The number of hydrogen-bond donors (Lipinski definition) is 0. The van der Waals surface area contributed by atoms with Crippen molar-refractivity contribution in [3.05, 3.63) is 70.8 Å². The van der Waals surface area contributed by atoms with Crippen molar-refractivity contribution in [1.82, 2.24) is 0 Å². The summed E-state index contributed by atoms with van der Waals surface area (Å²) in [5, 5.41) is 0. The monoisotopic (exact) mass is 342 g/mol. The van der Waals surface area contributed by atoms with Crippen LogP contribution < -0.4 is 0 Å². The minimum atomic E-state index is -0.496. The van der Waals surface area contributed by atoms with Crippen LogP contribution in [0.1, 0.15) is 68.1 Å². The smallest absolute Gasteiger partial charge is 0.126 e. The Labute approximate surface area is 150 Å². The zero-order valence-corrected chi connectivity index (χ0v) is 15.1. The molecule has 2 heteroatoms. The topological polar surface area (TPSA) is 0 Å². The molecule has 0 aromatic heterocycles. The summed E-state index contributed by atoms with van der Waals surface area (Å²) in [4.78, 5) is 0. The molecule has 0 unspecified atom stereocenters. The van der Waals surface area contributed by atoms with Crippen molar-refractivity contribution in [2.45, 2.75) is 64.2 Å². The van der Waals surface area contributed by atoms with Gasteiger partial charge in [0.25, 0.3) is 0 Å². The van der Waals surface area contributed by atoms with Gasteiger partial charge in [-0.05, 0) is 79.2 Å². The third kappa shape index (κ3) is 5.14. The number of aryl methyl sites for hydroxylation is 2. The summed E-state index contributed by atoms with van der Waals surface area (Å²) in [6.45, 7) is 2.28. The lowest BCUT2D eigenvalue weighted by Gasteiger charge is -2.28. The lowest BCUT2D eigenvalue weighted by atomic mass is 9.77. The van der Waals surface area contributed by atoms with Gasteiger partial charge in [-0.2, -0.15) is 0 Å². The minimum absolute atomic E-state index is 0.496. The van der Waals surface area contributed by atoms with E-state index in [1.807, 2.05) is 0 Å².